The molecule has 1 aliphatic carbocycles. The maximum atomic E-state index is 5.30. The van der Waals surface area contributed by atoms with E-state index in [0.29, 0.717) is 6.04 Å². The van der Waals surface area contributed by atoms with Gasteiger partial charge in [-0.1, -0.05) is 28.6 Å². The zero-order valence-corrected chi connectivity index (χ0v) is 11.7. The Kier molecular flexibility index (Phi) is 4.24. The van der Waals surface area contributed by atoms with E-state index in [1.165, 1.54) is 30.4 Å². The Morgan fingerprint density at radius 3 is 3.12 bits per heavy atom. The zero-order chi connectivity index (χ0) is 12.3. The van der Waals surface area contributed by atoms with Gasteiger partial charge in [-0.3, -0.25) is 0 Å². The van der Waals surface area contributed by atoms with Crippen molar-refractivity contribution in [3.8, 4) is 5.75 Å². The number of aryl methyl sites for hydroxylation is 1. The van der Waals surface area contributed by atoms with E-state index in [1.807, 2.05) is 6.07 Å². The number of halogens is 1. The van der Waals surface area contributed by atoms with Crippen LogP contribution in [0.1, 0.15) is 30.0 Å². The van der Waals surface area contributed by atoms with Crippen LogP contribution in [-0.2, 0) is 6.42 Å². The lowest BCUT2D eigenvalue weighted by Crippen LogP contribution is -2.26. The molecule has 2 nitrogen and oxygen atoms in total. The van der Waals surface area contributed by atoms with Gasteiger partial charge in [0.05, 0.1) is 7.11 Å². The maximum Gasteiger partial charge on any atom is 0.119 e. The Labute approximate surface area is 111 Å². The summed E-state index contributed by atoms with van der Waals surface area (Å²) in [6.45, 7) is 4.67. The van der Waals surface area contributed by atoms with Crippen LogP contribution < -0.4 is 10.1 Å². The first-order chi connectivity index (χ1) is 8.20. The van der Waals surface area contributed by atoms with Crippen LogP contribution in [0.25, 0.3) is 0 Å². The Morgan fingerprint density at radius 2 is 2.41 bits per heavy atom. The molecule has 3 heteroatoms. The first kappa shape index (κ1) is 12.7. The number of ether oxygens (including phenoxy) is 1. The fourth-order valence-electron chi connectivity index (χ4n) is 2.35. The first-order valence-electron chi connectivity index (χ1n) is 5.94. The highest BCUT2D eigenvalue weighted by molar-refractivity contribution is 9.11. The van der Waals surface area contributed by atoms with E-state index in [-0.39, 0.29) is 0 Å². The zero-order valence-electron chi connectivity index (χ0n) is 10.1. The molecule has 92 valence electrons. The van der Waals surface area contributed by atoms with Crippen molar-refractivity contribution in [3.05, 3.63) is 40.4 Å². The summed E-state index contributed by atoms with van der Waals surface area (Å²) in [7, 11) is 1.72. The van der Waals surface area contributed by atoms with E-state index in [9.17, 15) is 0 Å². The van der Waals surface area contributed by atoms with Crippen LogP contribution in [0, 0.1) is 0 Å². The summed E-state index contributed by atoms with van der Waals surface area (Å²) < 4.78 is 6.29. The molecular weight excluding hydrogens is 278 g/mol. The molecule has 0 saturated carbocycles. The average molecular weight is 296 g/mol. The second-order valence-corrected chi connectivity index (χ2v) is 5.53. The molecule has 0 fully saturated rings. The van der Waals surface area contributed by atoms with Gasteiger partial charge >= 0.3 is 0 Å². The standard InChI is InChI=1S/C14H18BrNO/c1-10(15)9-16-14-5-3-4-11-6-7-12(17-2)8-13(11)14/h6-8,14,16H,1,3-5,9H2,2H3. The van der Waals surface area contributed by atoms with Crippen molar-refractivity contribution in [2.75, 3.05) is 13.7 Å². The third-order valence-corrected chi connectivity index (χ3v) is 3.49. The molecule has 1 atom stereocenters. The van der Waals surface area contributed by atoms with E-state index in [4.69, 9.17) is 4.74 Å². The predicted molar refractivity (Wildman–Crippen MR) is 74.7 cm³/mol. The summed E-state index contributed by atoms with van der Waals surface area (Å²) in [5, 5.41) is 3.53. The molecule has 1 aromatic carbocycles. The smallest absolute Gasteiger partial charge is 0.119 e. The minimum absolute atomic E-state index is 0.420. The fourth-order valence-corrected chi connectivity index (χ4v) is 2.51. The third kappa shape index (κ3) is 3.11. The molecule has 0 aromatic heterocycles. The van der Waals surface area contributed by atoms with Gasteiger partial charge in [0.1, 0.15) is 5.75 Å². The third-order valence-electron chi connectivity index (χ3n) is 3.21. The average Bonchev–Trinajstić information content (AvgIpc) is 2.35. The van der Waals surface area contributed by atoms with Crippen LogP contribution >= 0.6 is 15.9 Å². The molecule has 1 unspecified atom stereocenters. The van der Waals surface area contributed by atoms with E-state index in [2.05, 4.69) is 40.0 Å². The largest absolute Gasteiger partial charge is 0.497 e. The van der Waals surface area contributed by atoms with Crippen molar-refractivity contribution in [1.82, 2.24) is 5.32 Å². The van der Waals surface area contributed by atoms with E-state index in [1.54, 1.807) is 7.11 Å². The Hall–Kier alpha value is -0.800. The molecule has 2 rings (SSSR count). The summed E-state index contributed by atoms with van der Waals surface area (Å²) in [4.78, 5) is 0. The minimum atomic E-state index is 0.420. The van der Waals surface area contributed by atoms with Gasteiger partial charge in [0.2, 0.25) is 0 Å². The molecule has 1 aromatic rings. The molecule has 0 amide bonds. The molecule has 0 bridgehead atoms. The summed E-state index contributed by atoms with van der Waals surface area (Å²) >= 11 is 3.39. The van der Waals surface area contributed by atoms with E-state index >= 15 is 0 Å². The van der Waals surface area contributed by atoms with Gasteiger partial charge in [-0.15, -0.1) is 0 Å². The number of hydrogen-bond donors (Lipinski definition) is 1. The summed E-state index contributed by atoms with van der Waals surface area (Å²) in [6.07, 6.45) is 3.60. The van der Waals surface area contributed by atoms with Crippen LogP contribution in [0.4, 0.5) is 0 Å². The number of rotatable bonds is 4. The van der Waals surface area contributed by atoms with E-state index < -0.39 is 0 Å². The molecule has 17 heavy (non-hydrogen) atoms. The van der Waals surface area contributed by atoms with Gasteiger partial charge in [0.15, 0.2) is 0 Å². The number of fused-ring (bicyclic) bond motifs is 1. The Bertz CT molecular complexity index is 417. The van der Waals surface area contributed by atoms with Crippen molar-refractivity contribution in [1.29, 1.82) is 0 Å². The van der Waals surface area contributed by atoms with Gasteiger partial charge in [0.25, 0.3) is 0 Å². The van der Waals surface area contributed by atoms with Crippen molar-refractivity contribution in [2.45, 2.75) is 25.3 Å². The number of hydrogen-bond acceptors (Lipinski definition) is 2. The predicted octanol–water partition coefficient (Wildman–Crippen LogP) is 3.57. The maximum absolute atomic E-state index is 5.30. The highest BCUT2D eigenvalue weighted by Gasteiger charge is 2.20. The second kappa shape index (κ2) is 5.69. The first-order valence-corrected chi connectivity index (χ1v) is 6.73. The van der Waals surface area contributed by atoms with E-state index in [0.717, 1.165) is 16.8 Å². The van der Waals surface area contributed by atoms with Gasteiger partial charge in [-0.25, -0.2) is 0 Å². The fraction of sp³-hybridized carbons (Fsp3) is 0.429. The number of methoxy groups -OCH3 is 1. The number of benzene rings is 1. The molecule has 1 N–H and O–H groups in total. The molecule has 0 spiro atoms. The van der Waals surface area contributed by atoms with Crippen LogP contribution in [0.15, 0.2) is 29.3 Å². The van der Waals surface area contributed by atoms with Gasteiger partial charge in [0, 0.05) is 17.1 Å². The van der Waals surface area contributed by atoms with Gasteiger partial charge in [-0.05, 0) is 42.5 Å². The second-order valence-electron chi connectivity index (χ2n) is 4.41. The Balaban J connectivity index is 2.19. The van der Waals surface area contributed by atoms with Crippen molar-refractivity contribution < 1.29 is 4.74 Å². The number of nitrogens with one attached hydrogen (secondary N) is 1. The van der Waals surface area contributed by atoms with Crippen molar-refractivity contribution in [3.63, 3.8) is 0 Å². The molecule has 0 radical (unpaired) electrons. The topological polar surface area (TPSA) is 21.3 Å². The molecule has 1 aliphatic rings. The van der Waals surface area contributed by atoms with Crippen LogP contribution in [0.5, 0.6) is 5.75 Å². The van der Waals surface area contributed by atoms with Gasteiger partial charge < -0.3 is 10.1 Å². The lowest BCUT2D eigenvalue weighted by atomic mass is 9.87. The van der Waals surface area contributed by atoms with Crippen LogP contribution in [0.2, 0.25) is 0 Å². The quantitative estimate of drug-likeness (QED) is 0.917. The lowest BCUT2D eigenvalue weighted by molar-refractivity contribution is 0.410. The summed E-state index contributed by atoms with van der Waals surface area (Å²) in [5.41, 5.74) is 2.82. The minimum Gasteiger partial charge on any atom is -0.497 e. The van der Waals surface area contributed by atoms with Crippen LogP contribution in [0.3, 0.4) is 0 Å². The SMILES string of the molecule is C=C(Br)CNC1CCCc2ccc(OC)cc21. The summed E-state index contributed by atoms with van der Waals surface area (Å²) in [6, 6.07) is 6.81. The highest BCUT2D eigenvalue weighted by atomic mass is 79.9. The van der Waals surface area contributed by atoms with Crippen LogP contribution in [-0.4, -0.2) is 13.7 Å². The normalized spacial score (nSPS) is 18.6. The molecule has 0 aliphatic heterocycles. The monoisotopic (exact) mass is 295 g/mol. The molecular formula is C14H18BrNO. The van der Waals surface area contributed by atoms with Crippen molar-refractivity contribution >= 4 is 15.9 Å². The summed E-state index contributed by atoms with van der Waals surface area (Å²) in [5.74, 6) is 0.940. The molecule has 0 saturated heterocycles. The Morgan fingerprint density at radius 1 is 1.59 bits per heavy atom. The van der Waals surface area contributed by atoms with Gasteiger partial charge in [-0.2, -0.15) is 0 Å². The molecule has 0 heterocycles. The highest BCUT2D eigenvalue weighted by Crippen LogP contribution is 2.32. The van der Waals surface area contributed by atoms with Crippen molar-refractivity contribution in [2.24, 2.45) is 0 Å². The lowest BCUT2D eigenvalue weighted by Gasteiger charge is -2.27.